The Morgan fingerprint density at radius 1 is 1.48 bits per heavy atom. The summed E-state index contributed by atoms with van der Waals surface area (Å²) in [4.78, 5) is 25.5. The maximum atomic E-state index is 12.6. The standard InChI is InChI=1S/C12H17N5O3S/c13-3-4-16-5-8(14-15-16)10(18)17-9(12(19)20)6-21-11(17)7-1-2-7/h5,7,9,11H,1-4,6,13H2,(H,19,20). The third-order valence-corrected chi connectivity index (χ3v) is 5.16. The van der Waals surface area contributed by atoms with Crippen LogP contribution >= 0.6 is 11.8 Å². The Morgan fingerprint density at radius 3 is 2.86 bits per heavy atom. The number of aliphatic carboxylic acids is 1. The van der Waals surface area contributed by atoms with Gasteiger partial charge in [-0.3, -0.25) is 9.48 Å². The molecule has 1 saturated heterocycles. The second kappa shape index (κ2) is 5.64. The third kappa shape index (κ3) is 2.75. The minimum atomic E-state index is -0.964. The number of hydrogen-bond acceptors (Lipinski definition) is 6. The molecule has 1 aromatic heterocycles. The fraction of sp³-hybridized carbons (Fsp3) is 0.667. The van der Waals surface area contributed by atoms with Gasteiger partial charge >= 0.3 is 5.97 Å². The molecule has 2 fully saturated rings. The van der Waals surface area contributed by atoms with Crippen molar-refractivity contribution in [2.24, 2.45) is 11.7 Å². The number of carbonyl (C=O) groups excluding carboxylic acids is 1. The lowest BCUT2D eigenvalue weighted by atomic mass is 10.2. The van der Waals surface area contributed by atoms with Crippen LogP contribution in [0.5, 0.6) is 0 Å². The van der Waals surface area contributed by atoms with E-state index in [4.69, 9.17) is 5.73 Å². The first kappa shape index (κ1) is 14.3. The number of nitrogens with two attached hydrogens (primary N) is 1. The molecule has 114 valence electrons. The van der Waals surface area contributed by atoms with Gasteiger partial charge in [-0.15, -0.1) is 16.9 Å². The minimum Gasteiger partial charge on any atom is -0.480 e. The summed E-state index contributed by atoms with van der Waals surface area (Å²) in [6, 6.07) is -0.784. The number of hydrogen-bond donors (Lipinski definition) is 2. The van der Waals surface area contributed by atoms with Crippen molar-refractivity contribution in [2.75, 3.05) is 12.3 Å². The van der Waals surface area contributed by atoms with E-state index >= 15 is 0 Å². The zero-order chi connectivity index (χ0) is 15.0. The Hall–Kier alpha value is -1.61. The molecule has 3 rings (SSSR count). The van der Waals surface area contributed by atoms with Crippen LogP contribution in [0.2, 0.25) is 0 Å². The lowest BCUT2D eigenvalue weighted by molar-refractivity contribution is -0.141. The molecule has 9 heteroatoms. The first-order valence-corrected chi connectivity index (χ1v) is 7.94. The van der Waals surface area contributed by atoms with Crippen molar-refractivity contribution >= 4 is 23.6 Å². The molecule has 0 bridgehead atoms. The van der Waals surface area contributed by atoms with E-state index in [9.17, 15) is 14.7 Å². The van der Waals surface area contributed by atoms with Gasteiger partial charge in [0.25, 0.3) is 5.91 Å². The maximum absolute atomic E-state index is 12.6. The fourth-order valence-electron chi connectivity index (χ4n) is 2.49. The van der Waals surface area contributed by atoms with Gasteiger partial charge in [0.1, 0.15) is 6.04 Å². The number of amides is 1. The van der Waals surface area contributed by atoms with Crippen molar-refractivity contribution in [1.29, 1.82) is 0 Å². The highest BCUT2D eigenvalue weighted by Crippen LogP contribution is 2.45. The topological polar surface area (TPSA) is 114 Å². The van der Waals surface area contributed by atoms with Crippen molar-refractivity contribution in [3.63, 3.8) is 0 Å². The van der Waals surface area contributed by atoms with Gasteiger partial charge in [0.2, 0.25) is 0 Å². The zero-order valence-electron chi connectivity index (χ0n) is 11.4. The number of carboxylic acids is 1. The lowest BCUT2D eigenvalue weighted by Crippen LogP contribution is -2.46. The van der Waals surface area contributed by atoms with Crippen LogP contribution in [0.25, 0.3) is 0 Å². The molecule has 1 amide bonds. The van der Waals surface area contributed by atoms with E-state index < -0.39 is 12.0 Å². The SMILES string of the molecule is NCCn1cc(C(=O)N2C(C(=O)O)CSC2C2CC2)nn1. The van der Waals surface area contributed by atoms with Gasteiger partial charge < -0.3 is 15.7 Å². The smallest absolute Gasteiger partial charge is 0.327 e. The predicted octanol–water partition coefficient (Wildman–Crippen LogP) is -0.385. The van der Waals surface area contributed by atoms with E-state index in [0.717, 1.165) is 12.8 Å². The zero-order valence-corrected chi connectivity index (χ0v) is 12.2. The van der Waals surface area contributed by atoms with E-state index in [1.54, 1.807) is 11.8 Å². The summed E-state index contributed by atoms with van der Waals surface area (Å²) in [6.07, 6.45) is 3.63. The molecule has 2 atom stereocenters. The van der Waals surface area contributed by atoms with Gasteiger partial charge in [-0.25, -0.2) is 4.79 Å². The molecule has 0 radical (unpaired) electrons. The monoisotopic (exact) mass is 311 g/mol. The molecule has 0 aromatic carbocycles. The summed E-state index contributed by atoms with van der Waals surface area (Å²) in [6.45, 7) is 0.877. The molecule has 3 N–H and O–H groups in total. The van der Waals surface area contributed by atoms with Crippen molar-refractivity contribution < 1.29 is 14.7 Å². The van der Waals surface area contributed by atoms with Crippen LogP contribution in [-0.2, 0) is 11.3 Å². The van der Waals surface area contributed by atoms with Gasteiger partial charge in [0, 0.05) is 12.3 Å². The average Bonchev–Trinajstić information content (AvgIpc) is 3.02. The quantitative estimate of drug-likeness (QED) is 0.761. The number of rotatable bonds is 5. The van der Waals surface area contributed by atoms with Crippen molar-refractivity contribution in [3.05, 3.63) is 11.9 Å². The predicted molar refractivity (Wildman–Crippen MR) is 75.6 cm³/mol. The van der Waals surface area contributed by atoms with Crippen LogP contribution in [0.15, 0.2) is 6.20 Å². The first-order valence-electron chi connectivity index (χ1n) is 6.89. The molecule has 1 aliphatic carbocycles. The summed E-state index contributed by atoms with van der Waals surface area (Å²) in [5.41, 5.74) is 5.62. The van der Waals surface area contributed by atoms with E-state index in [2.05, 4.69) is 10.3 Å². The van der Waals surface area contributed by atoms with Crippen molar-refractivity contribution in [2.45, 2.75) is 30.8 Å². The molecule has 2 aliphatic rings. The summed E-state index contributed by atoms with van der Waals surface area (Å²) in [5, 5.41) is 17.0. The Kier molecular flexibility index (Phi) is 3.85. The molecule has 1 saturated carbocycles. The highest BCUT2D eigenvalue weighted by molar-refractivity contribution is 8.00. The Bertz CT molecular complexity index is 559. The Balaban J connectivity index is 1.82. The molecule has 2 unspecified atom stereocenters. The number of carboxylic acid groups (broad SMARTS) is 1. The minimum absolute atomic E-state index is 0.0572. The van der Waals surface area contributed by atoms with E-state index in [1.165, 1.54) is 15.8 Å². The third-order valence-electron chi connectivity index (χ3n) is 3.70. The number of thioether (sulfide) groups is 1. The largest absolute Gasteiger partial charge is 0.480 e. The van der Waals surface area contributed by atoms with Gasteiger partial charge in [0.15, 0.2) is 5.69 Å². The molecule has 1 aliphatic heterocycles. The second-order valence-corrected chi connectivity index (χ2v) is 6.43. The van der Waals surface area contributed by atoms with Crippen molar-refractivity contribution in [1.82, 2.24) is 19.9 Å². The van der Waals surface area contributed by atoms with Gasteiger partial charge in [-0.05, 0) is 18.8 Å². The van der Waals surface area contributed by atoms with Gasteiger partial charge in [-0.2, -0.15) is 0 Å². The van der Waals surface area contributed by atoms with Crippen LogP contribution in [0.3, 0.4) is 0 Å². The Labute approximate surface area is 125 Å². The summed E-state index contributed by atoms with van der Waals surface area (Å²) in [7, 11) is 0. The molecule has 2 heterocycles. The van der Waals surface area contributed by atoms with Crippen LogP contribution in [-0.4, -0.2) is 60.6 Å². The molecule has 1 aromatic rings. The fourth-order valence-corrected chi connectivity index (χ4v) is 4.12. The molecular formula is C12H17N5O3S. The molecule has 0 spiro atoms. The van der Waals surface area contributed by atoms with E-state index in [1.807, 2.05) is 0 Å². The van der Waals surface area contributed by atoms with Crippen LogP contribution in [0.1, 0.15) is 23.3 Å². The lowest BCUT2D eigenvalue weighted by Gasteiger charge is -2.26. The highest BCUT2D eigenvalue weighted by atomic mass is 32.2. The van der Waals surface area contributed by atoms with Gasteiger partial charge in [-0.1, -0.05) is 5.21 Å². The normalized spacial score (nSPS) is 25.3. The van der Waals surface area contributed by atoms with Gasteiger partial charge in [0.05, 0.1) is 18.1 Å². The number of nitrogens with zero attached hydrogens (tertiary/aromatic N) is 4. The van der Waals surface area contributed by atoms with E-state index in [-0.39, 0.29) is 17.0 Å². The van der Waals surface area contributed by atoms with Crippen molar-refractivity contribution in [3.8, 4) is 0 Å². The average molecular weight is 311 g/mol. The molecule has 8 nitrogen and oxygen atoms in total. The van der Waals surface area contributed by atoms with E-state index in [0.29, 0.717) is 24.8 Å². The highest BCUT2D eigenvalue weighted by Gasteiger charge is 2.48. The molecule has 21 heavy (non-hydrogen) atoms. The number of carbonyl (C=O) groups is 2. The first-order chi connectivity index (χ1) is 10.1. The second-order valence-electron chi connectivity index (χ2n) is 5.28. The summed E-state index contributed by atoms with van der Waals surface area (Å²) in [5.74, 6) is -0.484. The summed E-state index contributed by atoms with van der Waals surface area (Å²) >= 11 is 1.55. The summed E-state index contributed by atoms with van der Waals surface area (Å²) < 4.78 is 1.50. The van der Waals surface area contributed by atoms with Crippen LogP contribution < -0.4 is 5.73 Å². The maximum Gasteiger partial charge on any atom is 0.327 e. The Morgan fingerprint density at radius 2 is 2.24 bits per heavy atom. The number of aromatic nitrogens is 3. The van der Waals surface area contributed by atoms with Crippen LogP contribution in [0, 0.1) is 5.92 Å². The van der Waals surface area contributed by atoms with Crippen LogP contribution in [0.4, 0.5) is 0 Å². The molecular weight excluding hydrogens is 294 g/mol.